The molecule has 0 spiro atoms. The molecule has 1 aromatic heterocycles. The lowest BCUT2D eigenvalue weighted by molar-refractivity contribution is -0.134. The first-order valence-electron chi connectivity index (χ1n) is 15.9. The number of aromatic nitrogens is 2. The van der Waals surface area contributed by atoms with E-state index in [-0.39, 0.29) is 54.3 Å². The van der Waals surface area contributed by atoms with Crippen LogP contribution in [0.3, 0.4) is 0 Å². The van der Waals surface area contributed by atoms with Gasteiger partial charge in [0.2, 0.25) is 17.7 Å². The van der Waals surface area contributed by atoms with Crippen LogP contribution in [0.1, 0.15) is 62.9 Å². The van der Waals surface area contributed by atoms with Crippen molar-refractivity contribution in [2.45, 2.75) is 64.5 Å². The molecular formula is C32H42N6O7. The molecule has 13 heteroatoms. The maximum Gasteiger partial charge on any atom is 0.409 e. The molecule has 0 bridgehead atoms. The fourth-order valence-electron chi connectivity index (χ4n) is 6.03. The van der Waals surface area contributed by atoms with E-state index in [9.17, 15) is 24.0 Å². The van der Waals surface area contributed by atoms with Gasteiger partial charge in [-0.05, 0) is 58.1 Å². The van der Waals surface area contributed by atoms with Crippen LogP contribution in [-0.4, -0.2) is 101 Å². The Balaban J connectivity index is 1.21. The highest BCUT2D eigenvalue weighted by Crippen LogP contribution is 2.34. The van der Waals surface area contributed by atoms with Crippen LogP contribution in [0.2, 0.25) is 0 Å². The predicted octanol–water partition coefficient (Wildman–Crippen LogP) is 2.32. The van der Waals surface area contributed by atoms with Gasteiger partial charge in [-0.1, -0.05) is 24.6 Å². The monoisotopic (exact) mass is 622 g/mol. The summed E-state index contributed by atoms with van der Waals surface area (Å²) in [5, 5.41) is 10.2. The molecule has 2 saturated carbocycles. The Morgan fingerprint density at radius 3 is 2.27 bits per heavy atom. The number of rotatable bonds is 11. The van der Waals surface area contributed by atoms with Gasteiger partial charge in [-0.2, -0.15) is 5.10 Å². The van der Waals surface area contributed by atoms with E-state index in [1.54, 1.807) is 35.8 Å². The molecule has 5 rings (SSSR count). The molecule has 3 aliphatic rings. The number of benzene rings is 1. The Bertz CT molecular complexity index is 1380. The highest BCUT2D eigenvalue weighted by molar-refractivity contribution is 5.96. The van der Waals surface area contributed by atoms with Crippen molar-refractivity contribution in [3.8, 4) is 11.6 Å². The predicted molar refractivity (Wildman–Crippen MR) is 163 cm³/mol. The molecule has 242 valence electrons. The number of para-hydroxylation sites is 1. The molecule has 2 heterocycles. The first-order valence-corrected chi connectivity index (χ1v) is 15.9. The van der Waals surface area contributed by atoms with Gasteiger partial charge in [0.1, 0.15) is 12.6 Å². The minimum atomic E-state index is -0.843. The molecule has 2 aromatic rings. The van der Waals surface area contributed by atoms with E-state index >= 15 is 0 Å². The van der Waals surface area contributed by atoms with Gasteiger partial charge in [-0.3, -0.25) is 19.2 Å². The Morgan fingerprint density at radius 1 is 0.933 bits per heavy atom. The quantitative estimate of drug-likeness (QED) is 0.388. The number of amides is 4. The van der Waals surface area contributed by atoms with Crippen molar-refractivity contribution in [3.63, 3.8) is 0 Å². The lowest BCUT2D eigenvalue weighted by Crippen LogP contribution is -2.55. The summed E-state index contributed by atoms with van der Waals surface area (Å²) in [4.78, 5) is 67.6. The van der Waals surface area contributed by atoms with Crippen LogP contribution in [-0.2, 0) is 19.1 Å². The van der Waals surface area contributed by atoms with Gasteiger partial charge in [0, 0.05) is 50.1 Å². The van der Waals surface area contributed by atoms with Gasteiger partial charge in [0.25, 0.3) is 5.91 Å². The van der Waals surface area contributed by atoms with E-state index in [0.717, 1.165) is 25.7 Å². The number of hydrogen-bond donors (Lipinski definition) is 2. The first-order chi connectivity index (χ1) is 21.7. The number of Topliss-reactive ketones (excluding diaryl/α,β-unsaturated/α-hetero) is 1. The van der Waals surface area contributed by atoms with Gasteiger partial charge >= 0.3 is 6.09 Å². The summed E-state index contributed by atoms with van der Waals surface area (Å²) < 4.78 is 12.4. The van der Waals surface area contributed by atoms with Crippen LogP contribution in [0.25, 0.3) is 5.69 Å². The van der Waals surface area contributed by atoms with Gasteiger partial charge in [0.05, 0.1) is 12.3 Å². The average Bonchev–Trinajstić information content (AvgIpc) is 3.70. The molecule has 3 atom stereocenters. The van der Waals surface area contributed by atoms with E-state index in [4.69, 9.17) is 9.47 Å². The number of nitrogens with zero attached hydrogens (tertiary/aromatic N) is 4. The summed E-state index contributed by atoms with van der Waals surface area (Å²) in [7, 11) is 0. The number of carbonyl (C=O) groups excluding carboxylic acids is 5. The molecule has 1 aliphatic heterocycles. The van der Waals surface area contributed by atoms with Crippen molar-refractivity contribution >= 4 is 29.6 Å². The Labute approximate surface area is 262 Å². The van der Waals surface area contributed by atoms with E-state index in [1.807, 2.05) is 18.2 Å². The smallest absolute Gasteiger partial charge is 0.409 e. The second-order valence-electron chi connectivity index (χ2n) is 11.9. The molecule has 13 nitrogen and oxygen atoms in total. The van der Waals surface area contributed by atoms with Crippen molar-refractivity contribution in [1.82, 2.24) is 30.2 Å². The minimum Gasteiger partial charge on any atom is -0.470 e. The Hall–Kier alpha value is -4.42. The Kier molecular flexibility index (Phi) is 10.4. The average molecular weight is 623 g/mol. The molecule has 2 N–H and O–H groups in total. The fraction of sp³-hybridized carbons (Fsp3) is 0.562. The number of carbonyl (C=O) groups is 5. The van der Waals surface area contributed by atoms with E-state index in [1.165, 1.54) is 10.7 Å². The zero-order chi connectivity index (χ0) is 31.9. The summed E-state index contributed by atoms with van der Waals surface area (Å²) >= 11 is 0. The number of piperazine rings is 1. The normalized spacial score (nSPS) is 20.6. The first kappa shape index (κ1) is 32.0. The maximum absolute atomic E-state index is 13.3. The lowest BCUT2D eigenvalue weighted by Gasteiger charge is -2.35. The lowest BCUT2D eigenvalue weighted by atomic mass is 9.88. The standard InChI is InChI=1S/C32H42N6O7/c1-3-44-32(43)37-17-15-36(16-18-37)31(42)21(2)33-30(41)26-19-28(38(35-26)23-11-5-4-6-12-23)45-20-27(39)24-13-8-14-25(24)29(40)34-22-9-7-10-22/h4-6,11-12,19,21-22,24-25H,3,7-10,13-18,20H2,1-2H3,(H,33,41)(H,34,40)/t21-,24?,25+/m0/s1. The van der Waals surface area contributed by atoms with E-state index < -0.39 is 24.0 Å². The van der Waals surface area contributed by atoms with Crippen LogP contribution in [0.15, 0.2) is 36.4 Å². The van der Waals surface area contributed by atoms with Crippen molar-refractivity contribution in [3.05, 3.63) is 42.1 Å². The fourth-order valence-corrected chi connectivity index (χ4v) is 6.03. The van der Waals surface area contributed by atoms with Crippen molar-refractivity contribution in [2.24, 2.45) is 11.8 Å². The molecule has 1 aromatic carbocycles. The van der Waals surface area contributed by atoms with Crippen LogP contribution in [0.4, 0.5) is 4.79 Å². The van der Waals surface area contributed by atoms with Crippen LogP contribution in [0, 0.1) is 11.8 Å². The van der Waals surface area contributed by atoms with Gasteiger partial charge in [0.15, 0.2) is 11.5 Å². The Morgan fingerprint density at radius 2 is 1.60 bits per heavy atom. The molecule has 45 heavy (non-hydrogen) atoms. The van der Waals surface area contributed by atoms with Crippen LogP contribution >= 0.6 is 0 Å². The summed E-state index contributed by atoms with van der Waals surface area (Å²) in [5.74, 6) is -1.62. The topological polar surface area (TPSA) is 152 Å². The third-order valence-electron chi connectivity index (χ3n) is 8.83. The van der Waals surface area contributed by atoms with Gasteiger partial charge in [-0.25, -0.2) is 9.48 Å². The third-order valence-corrected chi connectivity index (χ3v) is 8.83. The molecule has 4 amide bonds. The van der Waals surface area contributed by atoms with Crippen molar-refractivity contribution < 1.29 is 33.4 Å². The number of ketones is 1. The van der Waals surface area contributed by atoms with Crippen LogP contribution < -0.4 is 15.4 Å². The van der Waals surface area contributed by atoms with Gasteiger partial charge in [-0.15, -0.1) is 0 Å². The second-order valence-corrected chi connectivity index (χ2v) is 11.9. The molecule has 2 aliphatic carbocycles. The largest absolute Gasteiger partial charge is 0.470 e. The van der Waals surface area contributed by atoms with Gasteiger partial charge < -0.3 is 29.9 Å². The molecule has 0 radical (unpaired) electrons. The molecule has 3 fully saturated rings. The highest BCUT2D eigenvalue weighted by atomic mass is 16.6. The number of nitrogens with one attached hydrogen (secondary N) is 2. The zero-order valence-corrected chi connectivity index (χ0v) is 25.9. The number of ether oxygens (including phenoxy) is 2. The summed E-state index contributed by atoms with van der Waals surface area (Å²) in [6.07, 6.45) is 4.81. The van der Waals surface area contributed by atoms with E-state index in [0.29, 0.717) is 44.7 Å². The van der Waals surface area contributed by atoms with Crippen molar-refractivity contribution in [2.75, 3.05) is 39.4 Å². The number of hydrogen-bond acceptors (Lipinski definition) is 8. The summed E-state index contributed by atoms with van der Waals surface area (Å²) in [6, 6.07) is 9.89. The summed E-state index contributed by atoms with van der Waals surface area (Å²) in [6.45, 7) is 4.71. The summed E-state index contributed by atoms with van der Waals surface area (Å²) in [5.41, 5.74) is 0.646. The molecule has 1 saturated heterocycles. The minimum absolute atomic E-state index is 0.0201. The maximum atomic E-state index is 13.3. The third kappa shape index (κ3) is 7.63. The van der Waals surface area contributed by atoms with Crippen molar-refractivity contribution in [1.29, 1.82) is 0 Å². The molecular weight excluding hydrogens is 580 g/mol. The zero-order valence-electron chi connectivity index (χ0n) is 25.9. The highest BCUT2D eigenvalue weighted by Gasteiger charge is 2.39. The SMILES string of the molecule is CCOC(=O)N1CCN(C(=O)[C@H](C)NC(=O)c2cc(OCC(=O)C3CCC[C@H]3C(=O)NC3CCC3)n(-c3ccccc3)n2)CC1. The van der Waals surface area contributed by atoms with Crippen LogP contribution in [0.5, 0.6) is 5.88 Å². The molecule has 1 unspecified atom stereocenters. The van der Waals surface area contributed by atoms with E-state index in [2.05, 4.69) is 15.7 Å². The second kappa shape index (κ2) is 14.6.